The van der Waals surface area contributed by atoms with Gasteiger partial charge in [-0.05, 0) is 174 Å². The number of aromatic amines is 4. The summed E-state index contributed by atoms with van der Waals surface area (Å²) in [5.41, 5.74) is 8.10. The van der Waals surface area contributed by atoms with E-state index in [0.29, 0.717) is 131 Å². The lowest BCUT2D eigenvalue weighted by molar-refractivity contribution is 0.551. The first-order valence-electron chi connectivity index (χ1n) is 44.7. The predicted molar refractivity (Wildman–Crippen MR) is 477 cm³/mol. The normalized spacial score (nSPS) is 18.7. The SMILES string of the molecule is CC(C)Cc1nc(Nc2cc(C3CC3)[nH]n2)nc(N2CCCC2c2ccc(Cl)cc2)n1.CC(C)Cc1nc(Nc2cc(C3CC3)[nH]n2)nc(N2CCCC2c2ccc(F)cc2)n1.CC(C)Cc1nc(Nc2cc(C3CC3)[nH]n2)nc(N2CCCC2c2ccc(F)cc2F)n1.CC(C)Cc1nc(Nc2cc(C3CC3)[nH]n2)nc(N2CCCC2c2ccccc2F)n1. The Morgan fingerprint density at radius 1 is 0.328 bits per heavy atom. The molecule has 4 aliphatic heterocycles. The minimum absolute atomic E-state index is 0.0739. The van der Waals surface area contributed by atoms with Crippen LogP contribution >= 0.6 is 11.6 Å². The Balaban J connectivity index is 0.000000118. The van der Waals surface area contributed by atoms with E-state index in [-0.39, 0.29) is 35.8 Å². The maximum absolute atomic E-state index is 14.5. The van der Waals surface area contributed by atoms with Crippen molar-refractivity contribution in [2.45, 2.75) is 232 Å². The van der Waals surface area contributed by atoms with Gasteiger partial charge in [0.1, 0.15) is 46.6 Å². The molecule has 4 saturated carbocycles. The molecule has 0 amide bonds. The van der Waals surface area contributed by atoms with Gasteiger partial charge in [0.2, 0.25) is 47.6 Å². The molecule has 4 aromatic carbocycles. The average molecular weight is 1720 g/mol. The van der Waals surface area contributed by atoms with Gasteiger partial charge in [-0.25, -0.2) is 17.6 Å². The van der Waals surface area contributed by atoms with E-state index in [2.05, 4.69) is 175 Å². The van der Waals surface area contributed by atoms with Gasteiger partial charge < -0.3 is 40.9 Å². The van der Waals surface area contributed by atoms with Crippen molar-refractivity contribution in [3.63, 3.8) is 0 Å². The van der Waals surface area contributed by atoms with Crippen LogP contribution in [0.25, 0.3) is 0 Å². The van der Waals surface area contributed by atoms with Gasteiger partial charge in [0.15, 0.2) is 23.3 Å². The van der Waals surface area contributed by atoms with Crippen molar-refractivity contribution in [2.24, 2.45) is 23.7 Å². The molecular formula is C92H111ClF4N28. The summed E-state index contributed by atoms with van der Waals surface area (Å²) in [6.45, 7) is 20.4. The number of nitrogens with zero attached hydrogens (tertiary/aromatic N) is 20. The summed E-state index contributed by atoms with van der Waals surface area (Å²) in [6, 6.07) is 33.8. The molecule has 0 radical (unpaired) electrons. The molecule has 4 unspecified atom stereocenters. The monoisotopic (exact) mass is 1720 g/mol. The van der Waals surface area contributed by atoms with E-state index < -0.39 is 11.6 Å². The molecule has 125 heavy (non-hydrogen) atoms. The second-order valence-corrected chi connectivity index (χ2v) is 36.5. The van der Waals surface area contributed by atoms with Gasteiger partial charge in [0, 0.05) is 145 Å². The summed E-state index contributed by atoms with van der Waals surface area (Å²) in [4.78, 5) is 65.2. The smallest absolute Gasteiger partial charge is 0.233 e. The second-order valence-electron chi connectivity index (χ2n) is 36.0. The van der Waals surface area contributed by atoms with E-state index in [1.54, 1.807) is 6.07 Å². The quantitative estimate of drug-likeness (QED) is 0.0211. The van der Waals surface area contributed by atoms with Gasteiger partial charge in [0.25, 0.3) is 0 Å². The van der Waals surface area contributed by atoms with Gasteiger partial charge in [-0.3, -0.25) is 20.4 Å². The summed E-state index contributed by atoms with van der Waals surface area (Å²) < 4.78 is 55.9. The Labute approximate surface area is 731 Å². The summed E-state index contributed by atoms with van der Waals surface area (Å²) in [7, 11) is 0. The van der Waals surface area contributed by atoms with Gasteiger partial charge in [-0.1, -0.05) is 116 Å². The summed E-state index contributed by atoms with van der Waals surface area (Å²) in [6.07, 6.45) is 20.4. The zero-order valence-electron chi connectivity index (χ0n) is 72.2. The van der Waals surface area contributed by atoms with Crippen LogP contribution in [0.2, 0.25) is 5.02 Å². The molecule has 0 spiro atoms. The Hall–Kier alpha value is -11.8. The van der Waals surface area contributed by atoms with E-state index in [1.807, 2.05) is 59.5 Å². The molecule has 33 heteroatoms. The van der Waals surface area contributed by atoms with Crippen LogP contribution in [0.15, 0.2) is 115 Å². The van der Waals surface area contributed by atoms with Crippen molar-refractivity contribution in [3.05, 3.63) is 212 Å². The number of rotatable bonds is 28. The van der Waals surface area contributed by atoms with Crippen molar-refractivity contribution in [2.75, 3.05) is 67.0 Å². The first kappa shape index (κ1) is 85.3. The lowest BCUT2D eigenvalue weighted by atomic mass is 10.0. The number of H-pyrrole nitrogens is 4. The maximum atomic E-state index is 14.5. The topological polar surface area (TPSA) is 330 Å². The van der Waals surface area contributed by atoms with Crippen molar-refractivity contribution < 1.29 is 17.6 Å². The molecule has 12 aromatic rings. The highest BCUT2D eigenvalue weighted by Crippen LogP contribution is 2.46. The van der Waals surface area contributed by atoms with Crippen molar-refractivity contribution >= 4 is 82.5 Å². The molecule has 8 N–H and O–H groups in total. The molecule has 28 nitrogen and oxygen atoms in total. The summed E-state index contributed by atoms with van der Waals surface area (Å²) in [5.74, 6) is 12.9. The third kappa shape index (κ3) is 22.1. The minimum atomic E-state index is -0.578. The van der Waals surface area contributed by atoms with Gasteiger partial charge in [-0.15, -0.1) is 0 Å². The standard InChI is InChI=1S/C23H28ClN7.C23H27F2N7.2C23H28FN7/c1-14(2)12-20-25-22(26-21-13-18(29-30-21)15-5-6-15)28-23(27-20)31-11-3-4-19(31)16-7-9-17(24)10-8-16;1-13(2)10-20-26-22(27-21-12-18(30-31-21)14-5-6-14)29-23(28-20)32-9-3-4-19(32)16-8-7-15(24)11-17(16)25;1-14(2)12-20-25-22(26-21-13-18(29-30-21)15-5-6-15)28-23(27-20)31-11-3-4-19(31)16-7-9-17(24)10-8-16;1-14(2)12-20-25-22(26-21-13-18(29-30-21)15-9-10-15)28-23(27-20)31-11-5-8-19(31)16-6-3-4-7-17(16)24/h7-10,13-15,19H,3-6,11-12H2,1-2H3,(H2,25,26,27,28,29,30);7-8,11-14,19H,3-6,9-10H2,1-2H3,(H2,26,27,28,29,30,31);7-10,13-15,19H,3-6,11-12H2,1-2H3,(H2,25,26,27,28,29,30);3-4,6-7,13-15,19H,5,8-12H2,1-2H3,(H2,25,26,27,28,29,30). The Morgan fingerprint density at radius 3 is 0.936 bits per heavy atom. The summed E-state index contributed by atoms with van der Waals surface area (Å²) in [5, 5.41) is 43.7. The fraction of sp³-hybridized carbons (Fsp3) is 0.478. The van der Waals surface area contributed by atoms with Crippen LogP contribution in [0.3, 0.4) is 0 Å². The van der Waals surface area contributed by atoms with Crippen LogP contribution in [-0.2, 0) is 25.7 Å². The van der Waals surface area contributed by atoms with Crippen LogP contribution in [0.4, 0.5) is 88.4 Å². The minimum Gasteiger partial charge on any atom is -0.334 e. The molecule has 8 fully saturated rings. The number of aromatic nitrogens is 20. The number of hydrogen-bond acceptors (Lipinski definition) is 24. The van der Waals surface area contributed by atoms with Crippen LogP contribution in [0, 0.1) is 46.9 Å². The Morgan fingerprint density at radius 2 is 0.624 bits per heavy atom. The Bertz CT molecular complexity index is 5450. The highest BCUT2D eigenvalue weighted by Gasteiger charge is 2.37. The third-order valence-corrected chi connectivity index (χ3v) is 23.8. The second kappa shape index (κ2) is 38.3. The number of anilines is 12. The van der Waals surface area contributed by atoms with E-state index in [9.17, 15) is 17.6 Å². The van der Waals surface area contributed by atoms with Gasteiger partial charge >= 0.3 is 0 Å². The highest BCUT2D eigenvalue weighted by molar-refractivity contribution is 6.30. The molecule has 654 valence electrons. The van der Waals surface area contributed by atoms with Crippen molar-refractivity contribution in [1.82, 2.24) is 101 Å². The molecule has 4 saturated heterocycles. The first-order chi connectivity index (χ1) is 60.6. The molecular weight excluding hydrogens is 1610 g/mol. The van der Waals surface area contributed by atoms with E-state index in [4.69, 9.17) is 46.5 Å². The molecule has 12 heterocycles. The maximum Gasteiger partial charge on any atom is 0.233 e. The molecule has 20 rings (SSSR count). The average Bonchev–Trinajstić information content (AvgIpc) is 1.26. The van der Waals surface area contributed by atoms with E-state index >= 15 is 0 Å². The third-order valence-electron chi connectivity index (χ3n) is 23.6. The number of benzene rings is 4. The van der Waals surface area contributed by atoms with Crippen molar-refractivity contribution in [1.29, 1.82) is 0 Å². The van der Waals surface area contributed by atoms with E-state index in [1.165, 1.54) is 93.0 Å². The zero-order valence-corrected chi connectivity index (χ0v) is 73.0. The number of nitrogens with one attached hydrogen (secondary N) is 8. The lowest BCUT2D eigenvalue weighted by Gasteiger charge is -2.26. The molecule has 8 aliphatic rings. The summed E-state index contributed by atoms with van der Waals surface area (Å²) >= 11 is 6.10. The predicted octanol–water partition coefficient (Wildman–Crippen LogP) is 20.2. The van der Waals surface area contributed by atoms with Crippen LogP contribution in [0.5, 0.6) is 0 Å². The van der Waals surface area contributed by atoms with Crippen molar-refractivity contribution in [3.8, 4) is 0 Å². The molecule has 8 aromatic heterocycles. The molecule has 4 aliphatic carbocycles. The lowest BCUT2D eigenvalue weighted by Crippen LogP contribution is -2.26. The highest BCUT2D eigenvalue weighted by atomic mass is 35.5. The number of hydrogen-bond donors (Lipinski definition) is 8. The number of halogens is 5. The largest absolute Gasteiger partial charge is 0.334 e. The molecule has 0 bridgehead atoms. The van der Waals surface area contributed by atoms with Gasteiger partial charge in [0.05, 0.1) is 24.2 Å². The van der Waals surface area contributed by atoms with Crippen LogP contribution in [0.1, 0.15) is 274 Å². The fourth-order valence-corrected chi connectivity index (χ4v) is 17.0. The van der Waals surface area contributed by atoms with Gasteiger partial charge in [-0.2, -0.15) is 80.2 Å². The van der Waals surface area contributed by atoms with Crippen LogP contribution < -0.4 is 40.9 Å². The Kier molecular flexibility index (Phi) is 26.2. The fourth-order valence-electron chi connectivity index (χ4n) is 16.9. The van der Waals surface area contributed by atoms with Crippen LogP contribution in [-0.4, -0.2) is 127 Å². The first-order valence-corrected chi connectivity index (χ1v) is 45.1. The molecule has 4 atom stereocenters. The zero-order chi connectivity index (χ0) is 86.4. The van der Waals surface area contributed by atoms with E-state index in [0.717, 1.165) is 159 Å².